The van der Waals surface area contributed by atoms with Crippen molar-refractivity contribution >= 4 is 16.9 Å². The van der Waals surface area contributed by atoms with Crippen molar-refractivity contribution in [3.05, 3.63) is 30.1 Å². The Kier molecular flexibility index (Phi) is 4.75. The zero-order valence-corrected chi connectivity index (χ0v) is 11.5. The molecule has 2 aromatic rings. The van der Waals surface area contributed by atoms with Gasteiger partial charge in [0, 0.05) is 6.54 Å². The molecule has 1 heterocycles. The Morgan fingerprint density at radius 2 is 2.20 bits per heavy atom. The Morgan fingerprint density at radius 3 is 2.95 bits per heavy atom. The fraction of sp³-hybridized carbons (Fsp3) is 0.333. The van der Waals surface area contributed by atoms with Gasteiger partial charge >= 0.3 is 0 Å². The lowest BCUT2D eigenvalue weighted by molar-refractivity contribution is -0.119. The van der Waals surface area contributed by atoms with Gasteiger partial charge in [0.25, 0.3) is 0 Å². The molecule has 20 heavy (non-hydrogen) atoms. The molecule has 104 valence electrons. The van der Waals surface area contributed by atoms with Crippen molar-refractivity contribution in [3.8, 4) is 11.8 Å². The Morgan fingerprint density at radius 1 is 1.40 bits per heavy atom. The summed E-state index contributed by atoms with van der Waals surface area (Å²) in [6, 6.07) is 8.05. The number of nitrogens with two attached hydrogens (primary N) is 1. The summed E-state index contributed by atoms with van der Waals surface area (Å²) in [5.41, 5.74) is 7.30. The molecule has 5 nitrogen and oxygen atoms in total. The van der Waals surface area contributed by atoms with Crippen molar-refractivity contribution in [1.82, 2.24) is 14.9 Å². The summed E-state index contributed by atoms with van der Waals surface area (Å²) in [5.74, 6) is 6.69. The van der Waals surface area contributed by atoms with Crippen molar-refractivity contribution in [2.45, 2.75) is 19.9 Å². The van der Waals surface area contributed by atoms with E-state index in [1.165, 1.54) is 0 Å². The third kappa shape index (κ3) is 3.16. The molecule has 0 atom stereocenters. The average molecular weight is 270 g/mol. The first-order chi connectivity index (χ1) is 9.76. The van der Waals surface area contributed by atoms with Gasteiger partial charge in [-0.2, -0.15) is 0 Å². The first kappa shape index (κ1) is 14.1. The number of carbonyl (C=O) groups excluding carboxylic acids is 1. The molecule has 0 saturated carbocycles. The smallest absolute Gasteiger partial charge is 0.234 e. The average Bonchev–Trinajstić information content (AvgIpc) is 2.83. The second-order valence-electron chi connectivity index (χ2n) is 4.27. The number of benzene rings is 1. The molecule has 0 aliphatic heterocycles. The molecule has 0 bridgehead atoms. The molecule has 1 aromatic heterocycles. The monoisotopic (exact) mass is 270 g/mol. The quantitative estimate of drug-likeness (QED) is 0.802. The summed E-state index contributed by atoms with van der Waals surface area (Å²) in [6.45, 7) is 3.27. The maximum Gasteiger partial charge on any atom is 0.234 e. The van der Waals surface area contributed by atoms with E-state index in [1.54, 1.807) is 0 Å². The highest BCUT2D eigenvalue weighted by Crippen LogP contribution is 2.15. The highest BCUT2D eigenvalue weighted by Gasteiger charge is 2.06. The molecule has 0 fully saturated rings. The van der Waals surface area contributed by atoms with Crippen molar-refractivity contribution in [2.75, 3.05) is 13.1 Å². The minimum Gasteiger partial charge on any atom is -0.344 e. The van der Waals surface area contributed by atoms with E-state index in [0.29, 0.717) is 13.0 Å². The first-order valence-electron chi connectivity index (χ1n) is 6.63. The number of rotatable bonds is 4. The lowest BCUT2D eigenvalue weighted by Gasteiger charge is -2.02. The fourth-order valence-corrected chi connectivity index (χ4v) is 2.03. The van der Waals surface area contributed by atoms with Crippen molar-refractivity contribution in [1.29, 1.82) is 0 Å². The summed E-state index contributed by atoms with van der Waals surface area (Å²) < 4.78 is 2.16. The van der Waals surface area contributed by atoms with Gasteiger partial charge in [0.1, 0.15) is 5.82 Å². The van der Waals surface area contributed by atoms with E-state index in [9.17, 15) is 4.79 Å². The highest BCUT2D eigenvalue weighted by atomic mass is 16.1. The number of aromatic nitrogens is 2. The normalized spacial score (nSPS) is 10.1. The molecule has 0 unspecified atom stereocenters. The van der Waals surface area contributed by atoms with E-state index >= 15 is 0 Å². The zero-order chi connectivity index (χ0) is 14.4. The van der Waals surface area contributed by atoms with Gasteiger partial charge < -0.3 is 15.6 Å². The van der Waals surface area contributed by atoms with Gasteiger partial charge in [-0.15, -0.1) is 0 Å². The van der Waals surface area contributed by atoms with Gasteiger partial charge in [-0.3, -0.25) is 4.79 Å². The van der Waals surface area contributed by atoms with Crippen LogP contribution in [0.2, 0.25) is 0 Å². The Balaban J connectivity index is 2.06. The van der Waals surface area contributed by atoms with Crippen LogP contribution >= 0.6 is 0 Å². The summed E-state index contributed by atoms with van der Waals surface area (Å²) in [5, 5.41) is 2.61. The van der Waals surface area contributed by atoms with Crippen LogP contribution in [0.3, 0.4) is 0 Å². The van der Waals surface area contributed by atoms with E-state index in [0.717, 1.165) is 23.4 Å². The van der Waals surface area contributed by atoms with Crippen LogP contribution in [0, 0.1) is 11.8 Å². The third-order valence-electron chi connectivity index (χ3n) is 2.98. The van der Waals surface area contributed by atoms with Crippen LogP contribution in [-0.4, -0.2) is 28.5 Å². The number of fused-ring (bicyclic) bond motifs is 1. The molecule has 3 N–H and O–H groups in total. The largest absolute Gasteiger partial charge is 0.344 e. The Bertz CT molecular complexity index is 663. The third-order valence-corrected chi connectivity index (χ3v) is 2.98. The maximum atomic E-state index is 10.9. The number of hydrogen-bond donors (Lipinski definition) is 2. The minimum absolute atomic E-state index is 0.00664. The van der Waals surface area contributed by atoms with E-state index in [2.05, 4.69) is 39.7 Å². The molecule has 1 aromatic carbocycles. The zero-order valence-electron chi connectivity index (χ0n) is 11.5. The number of aryl methyl sites for hydroxylation is 1. The van der Waals surface area contributed by atoms with Crippen LogP contribution in [0.5, 0.6) is 0 Å². The van der Waals surface area contributed by atoms with Gasteiger partial charge in [0.15, 0.2) is 0 Å². The molecule has 5 heteroatoms. The second-order valence-corrected chi connectivity index (χ2v) is 4.27. The first-order valence-corrected chi connectivity index (χ1v) is 6.63. The number of para-hydroxylation sites is 2. The lowest BCUT2D eigenvalue weighted by atomic mass is 10.3. The Labute approximate surface area is 118 Å². The molecule has 0 radical (unpaired) electrons. The molecule has 2 rings (SSSR count). The maximum absolute atomic E-state index is 10.9. The van der Waals surface area contributed by atoms with Gasteiger partial charge in [0.05, 0.1) is 30.5 Å². The lowest BCUT2D eigenvalue weighted by Crippen LogP contribution is -2.30. The number of amides is 1. The number of hydrogen-bond acceptors (Lipinski definition) is 3. The van der Waals surface area contributed by atoms with Gasteiger partial charge in [-0.25, -0.2) is 4.98 Å². The van der Waals surface area contributed by atoms with Crippen molar-refractivity contribution < 1.29 is 4.79 Å². The molecule has 1 amide bonds. The molecule has 0 saturated heterocycles. The van der Waals surface area contributed by atoms with Crippen LogP contribution in [-0.2, 0) is 17.8 Å². The molecular weight excluding hydrogens is 252 g/mol. The predicted octanol–water partition coefficient (Wildman–Crippen LogP) is 0.677. The van der Waals surface area contributed by atoms with Crippen LogP contribution in [0.1, 0.15) is 12.7 Å². The molecular formula is C15H18N4O. The molecule has 0 aliphatic rings. The van der Waals surface area contributed by atoms with Gasteiger partial charge in [-0.1, -0.05) is 24.0 Å². The van der Waals surface area contributed by atoms with E-state index < -0.39 is 0 Å². The minimum atomic E-state index is -0.194. The van der Waals surface area contributed by atoms with Gasteiger partial charge in [0.2, 0.25) is 5.91 Å². The molecule has 0 aliphatic carbocycles. The number of carbonyl (C=O) groups is 1. The Hall–Kier alpha value is -2.32. The summed E-state index contributed by atoms with van der Waals surface area (Å²) >= 11 is 0. The second kappa shape index (κ2) is 6.73. The summed E-state index contributed by atoms with van der Waals surface area (Å²) in [6.07, 6.45) is 0.570. The fourth-order valence-electron chi connectivity index (χ4n) is 2.03. The highest BCUT2D eigenvalue weighted by molar-refractivity contribution is 5.78. The van der Waals surface area contributed by atoms with Crippen LogP contribution < -0.4 is 11.1 Å². The number of nitrogens with one attached hydrogen (secondary N) is 1. The number of imidazole rings is 1. The van der Waals surface area contributed by atoms with E-state index in [-0.39, 0.29) is 12.5 Å². The summed E-state index contributed by atoms with van der Waals surface area (Å²) in [4.78, 5) is 15.5. The van der Waals surface area contributed by atoms with E-state index in [4.69, 9.17) is 5.73 Å². The SMILES string of the molecule is CCn1c(CC#CCNC(=O)CN)nc2ccccc21. The van der Waals surface area contributed by atoms with Crippen molar-refractivity contribution in [2.24, 2.45) is 5.73 Å². The van der Waals surface area contributed by atoms with Crippen LogP contribution in [0.25, 0.3) is 11.0 Å². The van der Waals surface area contributed by atoms with E-state index in [1.807, 2.05) is 18.2 Å². The topological polar surface area (TPSA) is 72.9 Å². The number of nitrogens with zero attached hydrogens (tertiary/aromatic N) is 2. The predicted molar refractivity (Wildman–Crippen MR) is 79.0 cm³/mol. The van der Waals surface area contributed by atoms with Crippen molar-refractivity contribution in [3.63, 3.8) is 0 Å². The summed E-state index contributed by atoms with van der Waals surface area (Å²) in [7, 11) is 0. The standard InChI is InChI=1S/C15H18N4O/c1-2-19-13-8-4-3-7-12(13)18-14(19)9-5-6-10-17-15(20)11-16/h3-4,7-8H,2,9-11,16H2,1H3,(H,17,20). The molecule has 0 spiro atoms. The van der Waals surface area contributed by atoms with Crippen LogP contribution in [0.15, 0.2) is 24.3 Å². The van der Waals surface area contributed by atoms with Crippen LogP contribution in [0.4, 0.5) is 0 Å². The van der Waals surface area contributed by atoms with Gasteiger partial charge in [-0.05, 0) is 19.1 Å².